The zero-order valence-electron chi connectivity index (χ0n) is 13.5. The second kappa shape index (κ2) is 7.31. The number of hydrogen-bond donors (Lipinski definition) is 0. The molecular weight excluding hydrogens is 342 g/mol. The summed E-state index contributed by atoms with van der Waals surface area (Å²) in [5.41, 5.74) is 1.07. The van der Waals surface area contributed by atoms with E-state index < -0.39 is 0 Å². The van der Waals surface area contributed by atoms with E-state index in [2.05, 4.69) is 27.8 Å². The average Bonchev–Trinajstić information content (AvgIpc) is 3.37. The third-order valence-corrected chi connectivity index (χ3v) is 6.55. The van der Waals surface area contributed by atoms with Crippen LogP contribution in [-0.4, -0.2) is 59.6 Å². The first-order valence-corrected chi connectivity index (χ1v) is 10.2. The van der Waals surface area contributed by atoms with Gasteiger partial charge in [0.2, 0.25) is 5.91 Å². The van der Waals surface area contributed by atoms with Gasteiger partial charge in [0.05, 0.1) is 29.8 Å². The summed E-state index contributed by atoms with van der Waals surface area (Å²) in [6, 6.07) is 4.17. The van der Waals surface area contributed by atoms with Gasteiger partial charge in [0.25, 0.3) is 0 Å². The van der Waals surface area contributed by atoms with Crippen LogP contribution >= 0.6 is 22.7 Å². The molecule has 1 atom stereocenters. The van der Waals surface area contributed by atoms with Crippen molar-refractivity contribution in [3.63, 3.8) is 0 Å². The molecule has 5 nitrogen and oxygen atoms in total. The molecule has 7 heteroatoms. The van der Waals surface area contributed by atoms with E-state index in [4.69, 9.17) is 9.72 Å². The van der Waals surface area contributed by atoms with Crippen LogP contribution in [0.25, 0.3) is 9.88 Å². The van der Waals surface area contributed by atoms with Gasteiger partial charge in [0.1, 0.15) is 5.01 Å². The van der Waals surface area contributed by atoms with Crippen LogP contribution in [0.5, 0.6) is 0 Å². The van der Waals surface area contributed by atoms with Gasteiger partial charge in [-0.05, 0) is 30.8 Å². The number of likely N-dealkylation sites (tertiary alicyclic amines) is 1. The third-order valence-electron chi connectivity index (χ3n) is 4.62. The van der Waals surface area contributed by atoms with Crippen LogP contribution in [0.2, 0.25) is 0 Å². The van der Waals surface area contributed by atoms with Gasteiger partial charge in [-0.2, -0.15) is 0 Å². The van der Waals surface area contributed by atoms with Crippen molar-refractivity contribution >= 4 is 28.6 Å². The lowest BCUT2D eigenvalue weighted by Gasteiger charge is -2.32. The number of amides is 1. The van der Waals surface area contributed by atoms with Crippen LogP contribution in [0.15, 0.2) is 22.9 Å². The highest BCUT2D eigenvalue weighted by molar-refractivity contribution is 7.20. The van der Waals surface area contributed by atoms with Crippen LogP contribution in [0.4, 0.5) is 0 Å². The summed E-state index contributed by atoms with van der Waals surface area (Å²) in [6.07, 6.45) is 2.04. The van der Waals surface area contributed by atoms with Crippen molar-refractivity contribution in [2.45, 2.75) is 25.4 Å². The zero-order valence-corrected chi connectivity index (χ0v) is 15.2. The van der Waals surface area contributed by atoms with Gasteiger partial charge in [0, 0.05) is 25.0 Å². The summed E-state index contributed by atoms with van der Waals surface area (Å²) in [7, 11) is 0. The van der Waals surface area contributed by atoms with Gasteiger partial charge in [-0.3, -0.25) is 9.69 Å². The molecule has 0 saturated carbocycles. The largest absolute Gasteiger partial charge is 0.378 e. The van der Waals surface area contributed by atoms with Crippen LogP contribution in [0, 0.1) is 0 Å². The van der Waals surface area contributed by atoms with Gasteiger partial charge < -0.3 is 9.64 Å². The van der Waals surface area contributed by atoms with E-state index in [-0.39, 0.29) is 11.9 Å². The summed E-state index contributed by atoms with van der Waals surface area (Å²) in [6.45, 7) is 4.52. The molecule has 2 aliphatic heterocycles. The number of carbonyl (C=O) groups is 1. The second-order valence-electron chi connectivity index (χ2n) is 6.19. The Morgan fingerprint density at radius 1 is 1.29 bits per heavy atom. The standard InChI is InChI=1S/C17H21N3O2S2/c21-17(19-6-8-22-9-7-19)14-3-1-5-20(14)11-13-12-24-16(18-13)15-4-2-10-23-15/h2,4,10,12,14H,1,3,5-9,11H2/t14-/m1/s1. The Bertz CT molecular complexity index is 680. The molecule has 2 aromatic rings. The number of nitrogens with zero attached hydrogens (tertiary/aromatic N) is 3. The van der Waals surface area contributed by atoms with E-state index in [0.29, 0.717) is 13.2 Å². The summed E-state index contributed by atoms with van der Waals surface area (Å²) >= 11 is 3.41. The first-order valence-electron chi connectivity index (χ1n) is 8.40. The topological polar surface area (TPSA) is 45.7 Å². The number of hydrogen-bond acceptors (Lipinski definition) is 6. The minimum atomic E-state index is 0.00925. The Kier molecular flexibility index (Phi) is 4.93. The maximum atomic E-state index is 12.8. The molecule has 4 rings (SSSR count). The molecule has 0 radical (unpaired) electrons. The van der Waals surface area contributed by atoms with Crippen LogP contribution in [0.1, 0.15) is 18.5 Å². The maximum Gasteiger partial charge on any atom is 0.240 e. The van der Waals surface area contributed by atoms with Crippen molar-refractivity contribution in [3.8, 4) is 9.88 Å². The molecule has 0 unspecified atom stereocenters. The van der Waals surface area contributed by atoms with Crippen LogP contribution in [0.3, 0.4) is 0 Å². The molecule has 2 aliphatic rings. The van der Waals surface area contributed by atoms with Gasteiger partial charge >= 0.3 is 0 Å². The van der Waals surface area contributed by atoms with E-state index in [1.54, 1.807) is 22.7 Å². The molecule has 24 heavy (non-hydrogen) atoms. The van der Waals surface area contributed by atoms with E-state index in [1.165, 1.54) is 4.88 Å². The summed E-state index contributed by atoms with van der Waals surface area (Å²) in [5, 5.41) is 5.28. The molecule has 2 fully saturated rings. The van der Waals surface area contributed by atoms with E-state index >= 15 is 0 Å². The van der Waals surface area contributed by atoms with Gasteiger partial charge in [-0.1, -0.05) is 6.07 Å². The number of aromatic nitrogens is 1. The SMILES string of the molecule is O=C([C@H]1CCCN1Cc1csc(-c2cccs2)n1)N1CCOCC1. The summed E-state index contributed by atoms with van der Waals surface area (Å²) < 4.78 is 5.36. The fourth-order valence-electron chi connectivity index (χ4n) is 3.39. The first-order chi connectivity index (χ1) is 11.8. The minimum Gasteiger partial charge on any atom is -0.378 e. The van der Waals surface area contributed by atoms with Crippen LogP contribution in [-0.2, 0) is 16.1 Å². The zero-order chi connectivity index (χ0) is 16.4. The number of ether oxygens (including phenoxy) is 1. The fourth-order valence-corrected chi connectivity index (χ4v) is 5.02. The Morgan fingerprint density at radius 3 is 2.96 bits per heavy atom. The second-order valence-corrected chi connectivity index (χ2v) is 7.99. The quantitative estimate of drug-likeness (QED) is 0.838. The van der Waals surface area contributed by atoms with E-state index in [0.717, 1.165) is 49.7 Å². The Labute approximate surface area is 149 Å². The molecule has 0 bridgehead atoms. The number of rotatable bonds is 4. The van der Waals surface area contributed by atoms with Gasteiger partial charge in [-0.15, -0.1) is 22.7 Å². The van der Waals surface area contributed by atoms with Crippen LogP contribution < -0.4 is 0 Å². The Morgan fingerprint density at radius 2 is 2.17 bits per heavy atom. The molecule has 0 aliphatic carbocycles. The van der Waals surface area contributed by atoms with E-state index in [9.17, 15) is 4.79 Å². The van der Waals surface area contributed by atoms with Crippen molar-refractivity contribution in [2.24, 2.45) is 0 Å². The van der Waals surface area contributed by atoms with E-state index in [1.807, 2.05) is 4.90 Å². The molecular formula is C17H21N3O2S2. The maximum absolute atomic E-state index is 12.8. The number of morpholine rings is 1. The normalized spacial score (nSPS) is 22.2. The smallest absolute Gasteiger partial charge is 0.240 e. The van der Waals surface area contributed by atoms with Crippen molar-refractivity contribution in [2.75, 3.05) is 32.8 Å². The molecule has 0 spiro atoms. The highest BCUT2D eigenvalue weighted by Gasteiger charge is 2.34. The summed E-state index contributed by atoms with van der Waals surface area (Å²) in [4.78, 5) is 23.0. The molecule has 2 aromatic heterocycles. The van der Waals surface area contributed by atoms with Crippen molar-refractivity contribution in [1.29, 1.82) is 0 Å². The third kappa shape index (κ3) is 3.39. The molecule has 4 heterocycles. The monoisotopic (exact) mass is 363 g/mol. The lowest BCUT2D eigenvalue weighted by atomic mass is 10.2. The average molecular weight is 364 g/mol. The molecule has 2 saturated heterocycles. The highest BCUT2D eigenvalue weighted by Crippen LogP contribution is 2.29. The van der Waals surface area contributed by atoms with Gasteiger partial charge in [0.15, 0.2) is 0 Å². The van der Waals surface area contributed by atoms with Gasteiger partial charge in [-0.25, -0.2) is 4.98 Å². The minimum absolute atomic E-state index is 0.00925. The first kappa shape index (κ1) is 16.2. The fraction of sp³-hybridized carbons (Fsp3) is 0.529. The number of carbonyl (C=O) groups excluding carboxylic acids is 1. The Hall–Kier alpha value is -1.28. The lowest BCUT2D eigenvalue weighted by Crippen LogP contribution is -2.49. The predicted molar refractivity (Wildman–Crippen MR) is 96.3 cm³/mol. The highest BCUT2D eigenvalue weighted by atomic mass is 32.1. The number of thiazole rings is 1. The summed E-state index contributed by atoms with van der Waals surface area (Å²) in [5.74, 6) is 0.268. The molecule has 0 N–H and O–H groups in total. The molecule has 128 valence electrons. The molecule has 0 aromatic carbocycles. The predicted octanol–water partition coefficient (Wildman–Crippen LogP) is 2.69. The number of thiophene rings is 1. The van der Waals surface area contributed by atoms with Crippen molar-refractivity contribution in [1.82, 2.24) is 14.8 Å². The molecule has 1 amide bonds. The Balaban J connectivity index is 1.42. The lowest BCUT2D eigenvalue weighted by molar-refractivity contribution is -0.140. The van der Waals surface area contributed by atoms with Crippen molar-refractivity contribution in [3.05, 3.63) is 28.6 Å². The van der Waals surface area contributed by atoms with Crippen molar-refractivity contribution < 1.29 is 9.53 Å².